The van der Waals surface area contributed by atoms with Crippen molar-refractivity contribution in [3.8, 4) is 11.3 Å². The van der Waals surface area contributed by atoms with Gasteiger partial charge in [-0.2, -0.15) is 0 Å². The zero-order valence-electron chi connectivity index (χ0n) is 9.17. The van der Waals surface area contributed by atoms with Crippen LogP contribution in [0.1, 0.15) is 16.8 Å². The Bertz CT molecular complexity index is 469. The lowest BCUT2D eigenvalue weighted by atomic mass is 10.0. The van der Waals surface area contributed by atoms with Crippen LogP contribution in [0.3, 0.4) is 0 Å². The Balaban J connectivity index is 2.40. The Kier molecular flexibility index (Phi) is 2.60. The molecular weight excluding hydrogens is 184 g/mol. The van der Waals surface area contributed by atoms with Gasteiger partial charge in [0.05, 0.1) is 0 Å². The number of H-pyrrole nitrogens is 1. The van der Waals surface area contributed by atoms with Crippen molar-refractivity contribution < 1.29 is 0 Å². The molecule has 0 spiro atoms. The molecule has 0 fully saturated rings. The van der Waals surface area contributed by atoms with E-state index in [0.717, 1.165) is 11.4 Å². The van der Waals surface area contributed by atoms with E-state index in [0.29, 0.717) is 6.54 Å². The molecule has 2 nitrogen and oxygen atoms in total. The summed E-state index contributed by atoms with van der Waals surface area (Å²) in [6.45, 7) is 4.82. The smallest absolute Gasteiger partial charge is 0.0456 e. The average molecular weight is 200 g/mol. The third kappa shape index (κ3) is 1.95. The summed E-state index contributed by atoms with van der Waals surface area (Å²) in [5.74, 6) is 0. The number of nitrogens with one attached hydrogen (secondary N) is 1. The van der Waals surface area contributed by atoms with Crippen LogP contribution in [0.25, 0.3) is 11.3 Å². The molecule has 2 rings (SSSR count). The summed E-state index contributed by atoms with van der Waals surface area (Å²) in [7, 11) is 0. The first-order chi connectivity index (χ1) is 7.20. The fourth-order valence-corrected chi connectivity index (χ4v) is 1.64. The van der Waals surface area contributed by atoms with Gasteiger partial charge in [-0.25, -0.2) is 0 Å². The predicted molar refractivity (Wildman–Crippen MR) is 63.6 cm³/mol. The van der Waals surface area contributed by atoms with Gasteiger partial charge < -0.3 is 10.7 Å². The van der Waals surface area contributed by atoms with Gasteiger partial charge in [0.25, 0.3) is 0 Å². The molecular formula is C13H16N2. The molecule has 3 N–H and O–H groups in total. The molecule has 0 radical (unpaired) electrons. The number of hydrogen-bond acceptors (Lipinski definition) is 1. The third-order valence-electron chi connectivity index (χ3n) is 2.78. The highest BCUT2D eigenvalue weighted by molar-refractivity contribution is 5.61. The first-order valence-corrected chi connectivity index (χ1v) is 5.16. The number of aromatic amines is 1. The van der Waals surface area contributed by atoms with Gasteiger partial charge in [-0.05, 0) is 48.7 Å². The third-order valence-corrected chi connectivity index (χ3v) is 2.78. The van der Waals surface area contributed by atoms with Crippen LogP contribution in [0.5, 0.6) is 0 Å². The van der Waals surface area contributed by atoms with Crippen molar-refractivity contribution in [2.45, 2.75) is 20.4 Å². The Labute approximate surface area is 90.1 Å². The summed E-state index contributed by atoms with van der Waals surface area (Å²) in [6.07, 6.45) is 0. The zero-order chi connectivity index (χ0) is 10.8. The Morgan fingerprint density at radius 2 is 1.87 bits per heavy atom. The fourth-order valence-electron chi connectivity index (χ4n) is 1.64. The molecule has 0 aliphatic heterocycles. The topological polar surface area (TPSA) is 41.8 Å². The molecule has 1 heterocycles. The maximum absolute atomic E-state index is 5.56. The Hall–Kier alpha value is -1.54. The monoisotopic (exact) mass is 200 g/mol. The number of aryl methyl sites for hydroxylation is 2. The van der Waals surface area contributed by atoms with Gasteiger partial charge in [0.15, 0.2) is 0 Å². The first kappa shape index (κ1) is 9.99. The van der Waals surface area contributed by atoms with Crippen LogP contribution in [-0.4, -0.2) is 4.98 Å². The zero-order valence-corrected chi connectivity index (χ0v) is 9.17. The molecule has 0 bridgehead atoms. The van der Waals surface area contributed by atoms with E-state index in [9.17, 15) is 0 Å². The lowest BCUT2D eigenvalue weighted by Crippen LogP contribution is -1.95. The average Bonchev–Trinajstić information content (AvgIpc) is 2.70. The van der Waals surface area contributed by atoms with Crippen LogP contribution in [0.4, 0.5) is 0 Å². The van der Waals surface area contributed by atoms with E-state index in [1.165, 1.54) is 16.7 Å². The van der Waals surface area contributed by atoms with E-state index in [-0.39, 0.29) is 0 Å². The molecule has 0 aliphatic carbocycles. The summed E-state index contributed by atoms with van der Waals surface area (Å²) in [6, 6.07) is 10.6. The SMILES string of the molecule is Cc1ccc(-c2ccc(CN)[nH]2)cc1C. The molecule has 0 saturated carbocycles. The summed E-state index contributed by atoms with van der Waals surface area (Å²) in [5.41, 5.74) is 11.6. The van der Waals surface area contributed by atoms with E-state index >= 15 is 0 Å². The number of aromatic nitrogens is 1. The molecule has 0 atom stereocenters. The Morgan fingerprint density at radius 1 is 1.07 bits per heavy atom. The van der Waals surface area contributed by atoms with Crippen LogP contribution >= 0.6 is 0 Å². The van der Waals surface area contributed by atoms with Crippen LogP contribution in [0, 0.1) is 13.8 Å². The van der Waals surface area contributed by atoms with Crippen LogP contribution in [0.2, 0.25) is 0 Å². The van der Waals surface area contributed by atoms with E-state index in [1.54, 1.807) is 0 Å². The number of benzene rings is 1. The highest BCUT2D eigenvalue weighted by Crippen LogP contribution is 2.21. The minimum atomic E-state index is 0.560. The molecule has 78 valence electrons. The summed E-state index contributed by atoms with van der Waals surface area (Å²) in [5, 5.41) is 0. The summed E-state index contributed by atoms with van der Waals surface area (Å²) < 4.78 is 0. The fraction of sp³-hybridized carbons (Fsp3) is 0.231. The molecule has 15 heavy (non-hydrogen) atoms. The van der Waals surface area contributed by atoms with Crippen molar-refractivity contribution in [1.82, 2.24) is 4.98 Å². The van der Waals surface area contributed by atoms with Gasteiger partial charge in [0.2, 0.25) is 0 Å². The molecule has 2 heteroatoms. The largest absolute Gasteiger partial charge is 0.357 e. The van der Waals surface area contributed by atoms with Gasteiger partial charge >= 0.3 is 0 Å². The molecule has 0 aliphatic rings. The lowest BCUT2D eigenvalue weighted by molar-refractivity contribution is 1.01. The second kappa shape index (κ2) is 3.91. The van der Waals surface area contributed by atoms with Crippen molar-refractivity contribution in [2.75, 3.05) is 0 Å². The first-order valence-electron chi connectivity index (χ1n) is 5.16. The second-order valence-corrected chi connectivity index (χ2v) is 3.90. The van der Waals surface area contributed by atoms with Crippen molar-refractivity contribution in [3.63, 3.8) is 0 Å². The molecule has 0 unspecified atom stereocenters. The van der Waals surface area contributed by atoms with Crippen molar-refractivity contribution >= 4 is 0 Å². The van der Waals surface area contributed by atoms with Crippen molar-refractivity contribution in [1.29, 1.82) is 0 Å². The molecule has 1 aromatic carbocycles. The molecule has 1 aromatic heterocycles. The summed E-state index contributed by atoms with van der Waals surface area (Å²) >= 11 is 0. The highest BCUT2D eigenvalue weighted by Gasteiger charge is 2.01. The van der Waals surface area contributed by atoms with Gasteiger partial charge in [-0.3, -0.25) is 0 Å². The lowest BCUT2D eigenvalue weighted by Gasteiger charge is -2.03. The second-order valence-electron chi connectivity index (χ2n) is 3.90. The normalized spacial score (nSPS) is 10.6. The molecule has 0 amide bonds. The number of hydrogen-bond donors (Lipinski definition) is 2. The maximum Gasteiger partial charge on any atom is 0.0456 e. The number of nitrogens with two attached hydrogens (primary N) is 1. The number of rotatable bonds is 2. The minimum Gasteiger partial charge on any atom is -0.357 e. The standard InChI is InChI=1S/C13H16N2/c1-9-3-4-11(7-10(9)2)13-6-5-12(8-14)15-13/h3-7,15H,8,14H2,1-2H3. The van der Waals surface area contributed by atoms with Crippen LogP contribution in [-0.2, 0) is 6.54 Å². The van der Waals surface area contributed by atoms with Gasteiger partial charge in [-0.1, -0.05) is 12.1 Å². The highest BCUT2D eigenvalue weighted by atomic mass is 14.8. The van der Waals surface area contributed by atoms with Gasteiger partial charge in [-0.15, -0.1) is 0 Å². The van der Waals surface area contributed by atoms with Crippen molar-refractivity contribution in [3.05, 3.63) is 47.2 Å². The molecule has 2 aromatic rings. The van der Waals surface area contributed by atoms with Crippen LogP contribution < -0.4 is 5.73 Å². The van der Waals surface area contributed by atoms with E-state index in [2.05, 4.69) is 43.1 Å². The minimum absolute atomic E-state index is 0.560. The van der Waals surface area contributed by atoms with E-state index in [1.807, 2.05) is 6.07 Å². The van der Waals surface area contributed by atoms with Crippen LogP contribution in [0.15, 0.2) is 30.3 Å². The quantitative estimate of drug-likeness (QED) is 0.769. The molecule has 0 saturated heterocycles. The maximum atomic E-state index is 5.56. The Morgan fingerprint density at radius 3 is 2.47 bits per heavy atom. The van der Waals surface area contributed by atoms with Gasteiger partial charge in [0, 0.05) is 17.9 Å². The van der Waals surface area contributed by atoms with E-state index in [4.69, 9.17) is 5.73 Å². The summed E-state index contributed by atoms with van der Waals surface area (Å²) in [4.78, 5) is 3.30. The predicted octanol–water partition coefficient (Wildman–Crippen LogP) is 2.76. The van der Waals surface area contributed by atoms with E-state index < -0.39 is 0 Å². The van der Waals surface area contributed by atoms with Crippen molar-refractivity contribution in [2.24, 2.45) is 5.73 Å². The van der Waals surface area contributed by atoms with Gasteiger partial charge in [0.1, 0.15) is 0 Å².